The van der Waals surface area contributed by atoms with Gasteiger partial charge in [-0.1, -0.05) is 0 Å². The Balaban J connectivity index is 3.49. The Labute approximate surface area is 77.0 Å². The summed E-state index contributed by atoms with van der Waals surface area (Å²) in [4.78, 5) is 0. The molecule has 1 aliphatic rings. The molecular weight excluding hydrogens is 240 g/mol. The first-order valence-electron chi connectivity index (χ1n) is 3.34. The lowest BCUT2D eigenvalue weighted by Crippen LogP contribution is -2.64. The van der Waals surface area contributed by atoms with Gasteiger partial charge in [0.2, 0.25) is 12.0 Å². The van der Waals surface area contributed by atoms with E-state index in [0.717, 1.165) is 0 Å². The number of allylic oxidation sites excluding steroid dienone is 1. The van der Waals surface area contributed by atoms with Gasteiger partial charge in [0.05, 0.1) is 0 Å². The van der Waals surface area contributed by atoms with Crippen LogP contribution in [0.2, 0.25) is 0 Å². The minimum absolute atomic E-state index is 3.09. The van der Waals surface area contributed by atoms with E-state index in [1.807, 2.05) is 0 Å². The summed E-state index contributed by atoms with van der Waals surface area (Å²) in [6, 6.07) is 0. The summed E-state index contributed by atoms with van der Waals surface area (Å²) >= 11 is 0. The molecule has 1 rings (SSSR count). The van der Waals surface area contributed by atoms with E-state index >= 15 is 0 Å². The van der Waals surface area contributed by atoms with Crippen LogP contribution in [0, 0.1) is 0 Å². The van der Waals surface area contributed by atoms with Crippen LogP contribution in [0.4, 0.5) is 35.1 Å². The maximum Gasteiger partial charge on any atom is 0.377 e. The molecule has 2 unspecified atom stereocenters. The van der Waals surface area contributed by atoms with Gasteiger partial charge in [-0.3, -0.25) is 0 Å². The van der Waals surface area contributed by atoms with E-state index in [0.29, 0.717) is 0 Å². The normalized spacial score (nSPS) is 39.4. The van der Waals surface area contributed by atoms with Crippen LogP contribution in [-0.4, -0.2) is 29.0 Å². The molecule has 0 aliphatic heterocycles. The summed E-state index contributed by atoms with van der Waals surface area (Å²) in [7, 11) is 0. The van der Waals surface area contributed by atoms with Gasteiger partial charge in [0, 0.05) is 0 Å². The Morgan fingerprint density at radius 2 is 1.40 bits per heavy atom. The van der Waals surface area contributed by atoms with E-state index in [1.54, 1.807) is 0 Å². The van der Waals surface area contributed by atoms with Crippen molar-refractivity contribution >= 4 is 0 Å². The smallest absolute Gasteiger partial charge is 0.352 e. The third kappa shape index (κ3) is 1.18. The Morgan fingerprint density at radius 3 is 1.80 bits per heavy atom. The molecule has 0 heterocycles. The molecule has 2 atom stereocenters. The van der Waals surface area contributed by atoms with Crippen LogP contribution in [0.5, 0.6) is 0 Å². The van der Waals surface area contributed by atoms with Crippen molar-refractivity contribution < 1.29 is 40.2 Å². The second kappa shape index (κ2) is 2.83. The van der Waals surface area contributed by atoms with Gasteiger partial charge in [0.1, 0.15) is 0 Å². The highest BCUT2D eigenvalue weighted by molar-refractivity contribution is 5.28. The molecule has 0 radical (unpaired) electrons. The standard InChI is InChI=1S/C6H2F8O/c7-1-2(8)4(10,11)6(13,14)5(12,15)3(1)9/h2,15H. The monoisotopic (exact) mass is 242 g/mol. The molecule has 88 valence electrons. The van der Waals surface area contributed by atoms with Crippen molar-refractivity contribution in [3.63, 3.8) is 0 Å². The highest BCUT2D eigenvalue weighted by atomic mass is 19.3. The zero-order valence-corrected chi connectivity index (χ0v) is 6.55. The van der Waals surface area contributed by atoms with Crippen LogP contribution in [0.1, 0.15) is 0 Å². The lowest BCUT2D eigenvalue weighted by molar-refractivity contribution is -0.346. The number of hydrogen-bond acceptors (Lipinski definition) is 1. The third-order valence-corrected chi connectivity index (χ3v) is 1.88. The fraction of sp³-hybridized carbons (Fsp3) is 0.667. The number of halogens is 8. The van der Waals surface area contributed by atoms with Crippen LogP contribution < -0.4 is 0 Å². The van der Waals surface area contributed by atoms with Crippen molar-refractivity contribution in [2.45, 2.75) is 23.9 Å². The predicted molar refractivity (Wildman–Crippen MR) is 30.1 cm³/mol. The predicted octanol–water partition coefficient (Wildman–Crippen LogP) is 2.42. The van der Waals surface area contributed by atoms with Gasteiger partial charge >= 0.3 is 17.7 Å². The van der Waals surface area contributed by atoms with Gasteiger partial charge in [0.25, 0.3) is 0 Å². The maximum absolute atomic E-state index is 12.4. The quantitative estimate of drug-likeness (QED) is 0.647. The molecule has 0 aromatic rings. The molecule has 0 amide bonds. The molecular formula is C6H2F8O. The fourth-order valence-corrected chi connectivity index (χ4v) is 0.947. The fourth-order valence-electron chi connectivity index (χ4n) is 0.947. The van der Waals surface area contributed by atoms with Crippen molar-refractivity contribution in [2.75, 3.05) is 0 Å². The van der Waals surface area contributed by atoms with Crippen LogP contribution >= 0.6 is 0 Å². The van der Waals surface area contributed by atoms with E-state index in [1.165, 1.54) is 0 Å². The van der Waals surface area contributed by atoms with Crippen LogP contribution in [-0.2, 0) is 0 Å². The van der Waals surface area contributed by atoms with Crippen molar-refractivity contribution in [3.05, 3.63) is 11.7 Å². The highest BCUT2D eigenvalue weighted by Crippen LogP contribution is 2.55. The maximum atomic E-state index is 12.4. The molecule has 0 bridgehead atoms. The Bertz CT molecular complexity index is 319. The molecule has 9 heteroatoms. The first-order chi connectivity index (χ1) is 6.48. The van der Waals surface area contributed by atoms with Crippen LogP contribution in [0.15, 0.2) is 11.7 Å². The van der Waals surface area contributed by atoms with Crippen molar-refractivity contribution in [2.24, 2.45) is 0 Å². The minimum atomic E-state index is -6.10. The third-order valence-electron chi connectivity index (χ3n) is 1.88. The molecule has 1 aliphatic carbocycles. The Hall–Kier alpha value is -0.860. The van der Waals surface area contributed by atoms with Crippen molar-refractivity contribution in [1.29, 1.82) is 0 Å². The summed E-state index contributed by atoms with van der Waals surface area (Å²) in [5.74, 6) is -23.9. The van der Waals surface area contributed by atoms with E-state index in [9.17, 15) is 35.1 Å². The number of hydrogen-bond donors (Lipinski definition) is 1. The van der Waals surface area contributed by atoms with Crippen molar-refractivity contribution in [1.82, 2.24) is 0 Å². The molecule has 1 N–H and O–H groups in total. The molecule has 0 aromatic carbocycles. The SMILES string of the molecule is OC1(F)C(F)=C(F)C(F)C(F)(F)C1(F)F. The second-order valence-corrected chi connectivity index (χ2v) is 2.84. The minimum Gasteiger partial charge on any atom is -0.352 e. The second-order valence-electron chi connectivity index (χ2n) is 2.84. The largest absolute Gasteiger partial charge is 0.377 e. The Kier molecular flexibility index (Phi) is 2.31. The Morgan fingerprint density at radius 1 is 1.00 bits per heavy atom. The zero-order chi connectivity index (χ0) is 12.2. The molecule has 0 spiro atoms. The molecule has 1 nitrogen and oxygen atoms in total. The number of rotatable bonds is 0. The summed E-state index contributed by atoms with van der Waals surface area (Å²) < 4.78 is 98.6. The molecule has 0 saturated carbocycles. The van der Waals surface area contributed by atoms with Crippen molar-refractivity contribution in [3.8, 4) is 0 Å². The number of alkyl halides is 6. The average Bonchev–Trinajstić information content (AvgIpc) is 2.12. The van der Waals surface area contributed by atoms with E-state index < -0.39 is 35.5 Å². The van der Waals surface area contributed by atoms with E-state index in [2.05, 4.69) is 0 Å². The van der Waals surface area contributed by atoms with E-state index in [4.69, 9.17) is 5.11 Å². The summed E-state index contributed by atoms with van der Waals surface area (Å²) in [5.41, 5.74) is 0. The summed E-state index contributed by atoms with van der Waals surface area (Å²) in [6.45, 7) is 0. The van der Waals surface area contributed by atoms with Gasteiger partial charge in [0.15, 0.2) is 5.83 Å². The van der Waals surface area contributed by atoms with Gasteiger partial charge in [-0.2, -0.15) is 22.0 Å². The molecule has 0 fully saturated rings. The molecule has 0 saturated heterocycles. The summed E-state index contributed by atoms with van der Waals surface area (Å²) in [5, 5.41) is 8.06. The topological polar surface area (TPSA) is 20.2 Å². The first kappa shape index (κ1) is 12.2. The highest BCUT2D eigenvalue weighted by Gasteiger charge is 2.79. The lowest BCUT2D eigenvalue weighted by Gasteiger charge is -2.38. The van der Waals surface area contributed by atoms with Crippen LogP contribution in [0.25, 0.3) is 0 Å². The first-order valence-corrected chi connectivity index (χ1v) is 3.34. The van der Waals surface area contributed by atoms with Crippen LogP contribution in [0.3, 0.4) is 0 Å². The molecule has 15 heavy (non-hydrogen) atoms. The van der Waals surface area contributed by atoms with Gasteiger partial charge in [-0.05, 0) is 0 Å². The van der Waals surface area contributed by atoms with Gasteiger partial charge < -0.3 is 5.11 Å². The van der Waals surface area contributed by atoms with Gasteiger partial charge in [-0.15, -0.1) is 0 Å². The lowest BCUT2D eigenvalue weighted by atomic mass is 9.91. The number of aliphatic hydroxyl groups is 1. The molecule has 0 aromatic heterocycles. The summed E-state index contributed by atoms with van der Waals surface area (Å²) in [6.07, 6.45) is -4.34. The van der Waals surface area contributed by atoms with Gasteiger partial charge in [-0.25, -0.2) is 13.2 Å². The van der Waals surface area contributed by atoms with E-state index in [-0.39, 0.29) is 0 Å². The zero-order valence-electron chi connectivity index (χ0n) is 6.55. The average molecular weight is 242 g/mol.